The van der Waals surface area contributed by atoms with E-state index < -0.39 is 12.2 Å². The number of alkyl halides is 2. The van der Waals surface area contributed by atoms with Crippen molar-refractivity contribution in [3.8, 4) is 0 Å². The first-order valence-corrected chi connectivity index (χ1v) is 3.75. The largest absolute Gasteiger partial charge is 0.392 e. The van der Waals surface area contributed by atoms with E-state index in [1.165, 1.54) is 0 Å². The molecule has 2 unspecified atom stereocenters. The van der Waals surface area contributed by atoms with Crippen LogP contribution < -0.4 is 0 Å². The van der Waals surface area contributed by atoms with Gasteiger partial charge < -0.3 is 10.2 Å². The van der Waals surface area contributed by atoms with Crippen LogP contribution in [-0.4, -0.2) is 34.2 Å². The highest BCUT2D eigenvalue weighted by atomic mass is 35.5. The van der Waals surface area contributed by atoms with Crippen molar-refractivity contribution in [2.24, 2.45) is 0 Å². The minimum Gasteiger partial charge on any atom is -0.392 e. The van der Waals surface area contributed by atoms with Gasteiger partial charge in [-0.2, -0.15) is 0 Å². The zero-order valence-corrected chi connectivity index (χ0v) is 6.44. The van der Waals surface area contributed by atoms with Gasteiger partial charge >= 0.3 is 0 Å². The van der Waals surface area contributed by atoms with Crippen molar-refractivity contribution >= 4 is 23.2 Å². The van der Waals surface area contributed by atoms with E-state index in [4.69, 9.17) is 33.4 Å². The summed E-state index contributed by atoms with van der Waals surface area (Å²) in [5.74, 6) is 0.294. The predicted molar refractivity (Wildman–Crippen MR) is 38.1 cm³/mol. The molecule has 0 radical (unpaired) electrons. The second kappa shape index (κ2) is 5.30. The molecule has 0 spiro atoms. The summed E-state index contributed by atoms with van der Waals surface area (Å²) in [7, 11) is 0. The van der Waals surface area contributed by atoms with Crippen LogP contribution in [0, 0.1) is 0 Å². The first-order valence-electron chi connectivity index (χ1n) is 2.68. The van der Waals surface area contributed by atoms with Crippen LogP contribution in [0.5, 0.6) is 0 Å². The molecule has 0 aliphatic heterocycles. The summed E-state index contributed by atoms with van der Waals surface area (Å²) in [6.45, 7) is 0. The maximum atomic E-state index is 8.81. The Kier molecular flexibility index (Phi) is 5.59. The SMILES string of the molecule is OC(CCl)CC(O)CCl. The fourth-order valence-electron chi connectivity index (χ4n) is 0.440. The van der Waals surface area contributed by atoms with E-state index in [0.29, 0.717) is 0 Å². The van der Waals surface area contributed by atoms with Gasteiger partial charge in [0.2, 0.25) is 0 Å². The fraction of sp³-hybridized carbons (Fsp3) is 1.00. The van der Waals surface area contributed by atoms with Crippen LogP contribution in [0.15, 0.2) is 0 Å². The van der Waals surface area contributed by atoms with Gasteiger partial charge in [0.15, 0.2) is 0 Å². The number of hydrogen-bond acceptors (Lipinski definition) is 2. The molecule has 0 bridgehead atoms. The topological polar surface area (TPSA) is 40.5 Å². The summed E-state index contributed by atoms with van der Waals surface area (Å²) in [5, 5.41) is 17.6. The lowest BCUT2D eigenvalue weighted by atomic mass is 10.2. The van der Waals surface area contributed by atoms with Gasteiger partial charge in [0.1, 0.15) is 0 Å². The first kappa shape index (κ1) is 9.50. The van der Waals surface area contributed by atoms with Crippen LogP contribution >= 0.6 is 23.2 Å². The average Bonchev–Trinajstić information content (AvgIpc) is 1.87. The molecule has 0 aromatic rings. The van der Waals surface area contributed by atoms with Crippen molar-refractivity contribution in [3.63, 3.8) is 0 Å². The van der Waals surface area contributed by atoms with Gasteiger partial charge in [-0.05, 0) is 0 Å². The highest BCUT2D eigenvalue weighted by molar-refractivity contribution is 6.18. The van der Waals surface area contributed by atoms with Crippen molar-refractivity contribution in [1.82, 2.24) is 0 Å². The smallest absolute Gasteiger partial charge is 0.0700 e. The summed E-state index contributed by atoms with van der Waals surface area (Å²) in [4.78, 5) is 0. The molecular formula is C5H10Cl2O2. The van der Waals surface area contributed by atoms with Gasteiger partial charge in [-0.3, -0.25) is 0 Å². The third kappa shape index (κ3) is 4.97. The van der Waals surface area contributed by atoms with E-state index >= 15 is 0 Å². The molecular weight excluding hydrogens is 163 g/mol. The Bertz CT molecular complexity index is 62.0. The summed E-state index contributed by atoms with van der Waals surface area (Å²) < 4.78 is 0. The van der Waals surface area contributed by atoms with Crippen LogP contribution in [0.4, 0.5) is 0 Å². The number of halogens is 2. The third-order valence-corrected chi connectivity index (χ3v) is 1.61. The Morgan fingerprint density at radius 2 is 1.33 bits per heavy atom. The van der Waals surface area contributed by atoms with Crippen LogP contribution in [0.2, 0.25) is 0 Å². The van der Waals surface area contributed by atoms with Crippen LogP contribution in [-0.2, 0) is 0 Å². The Balaban J connectivity index is 3.22. The van der Waals surface area contributed by atoms with Gasteiger partial charge in [0, 0.05) is 18.2 Å². The zero-order valence-electron chi connectivity index (χ0n) is 4.93. The average molecular weight is 173 g/mol. The van der Waals surface area contributed by atoms with E-state index in [-0.39, 0.29) is 18.2 Å². The van der Waals surface area contributed by atoms with Crippen molar-refractivity contribution in [3.05, 3.63) is 0 Å². The highest BCUT2D eigenvalue weighted by Crippen LogP contribution is 2.01. The second-order valence-corrected chi connectivity index (χ2v) is 2.47. The Labute approximate surface area is 64.4 Å². The molecule has 0 fully saturated rings. The molecule has 2 N–H and O–H groups in total. The van der Waals surface area contributed by atoms with Gasteiger partial charge in [-0.25, -0.2) is 0 Å². The van der Waals surface area contributed by atoms with Gasteiger partial charge in [0.05, 0.1) is 12.2 Å². The quantitative estimate of drug-likeness (QED) is 0.610. The lowest BCUT2D eigenvalue weighted by Gasteiger charge is -2.09. The summed E-state index contributed by atoms with van der Waals surface area (Å²) in [5.41, 5.74) is 0. The molecule has 0 aromatic carbocycles. The Hall–Kier alpha value is 0.500. The molecule has 9 heavy (non-hydrogen) atoms. The lowest BCUT2D eigenvalue weighted by Crippen LogP contribution is -2.19. The van der Waals surface area contributed by atoms with Crippen molar-refractivity contribution in [2.75, 3.05) is 11.8 Å². The Morgan fingerprint density at radius 1 is 1.00 bits per heavy atom. The molecule has 0 aromatic heterocycles. The van der Waals surface area contributed by atoms with Crippen LogP contribution in [0.3, 0.4) is 0 Å². The fourth-order valence-corrected chi connectivity index (χ4v) is 0.692. The minimum atomic E-state index is -0.639. The van der Waals surface area contributed by atoms with Crippen molar-refractivity contribution < 1.29 is 10.2 Å². The van der Waals surface area contributed by atoms with E-state index in [1.54, 1.807) is 0 Å². The number of aliphatic hydroxyl groups is 2. The summed E-state index contributed by atoms with van der Waals surface area (Å²) in [6, 6.07) is 0. The molecule has 4 heteroatoms. The van der Waals surface area contributed by atoms with Crippen molar-refractivity contribution in [1.29, 1.82) is 0 Å². The molecule has 0 amide bonds. The molecule has 2 atom stereocenters. The molecule has 0 saturated heterocycles. The highest BCUT2D eigenvalue weighted by Gasteiger charge is 2.08. The normalized spacial score (nSPS) is 17.3. The zero-order chi connectivity index (χ0) is 7.28. The van der Waals surface area contributed by atoms with Gasteiger partial charge in [-0.1, -0.05) is 0 Å². The van der Waals surface area contributed by atoms with Gasteiger partial charge in [0.25, 0.3) is 0 Å². The molecule has 0 aliphatic carbocycles. The second-order valence-electron chi connectivity index (χ2n) is 1.85. The molecule has 2 nitrogen and oxygen atoms in total. The van der Waals surface area contributed by atoms with Crippen LogP contribution in [0.25, 0.3) is 0 Å². The van der Waals surface area contributed by atoms with Gasteiger partial charge in [-0.15, -0.1) is 23.2 Å². The molecule has 0 heterocycles. The molecule has 0 rings (SSSR count). The first-order chi connectivity index (χ1) is 4.20. The van der Waals surface area contributed by atoms with E-state index in [1.807, 2.05) is 0 Å². The van der Waals surface area contributed by atoms with E-state index in [9.17, 15) is 0 Å². The molecule has 56 valence electrons. The molecule has 0 saturated carbocycles. The Morgan fingerprint density at radius 3 is 1.56 bits per heavy atom. The van der Waals surface area contributed by atoms with Crippen molar-refractivity contribution in [2.45, 2.75) is 18.6 Å². The van der Waals surface area contributed by atoms with E-state index in [0.717, 1.165) is 0 Å². The maximum absolute atomic E-state index is 8.81. The number of rotatable bonds is 4. The predicted octanol–water partition coefficient (Wildman–Crippen LogP) is 0.576. The maximum Gasteiger partial charge on any atom is 0.0700 e. The lowest BCUT2D eigenvalue weighted by molar-refractivity contribution is 0.105. The number of hydrogen-bond donors (Lipinski definition) is 2. The third-order valence-electron chi connectivity index (χ3n) is 0.900. The summed E-state index contributed by atoms with van der Waals surface area (Å²) in [6.07, 6.45) is -1.02. The minimum absolute atomic E-state index is 0.147. The molecule has 0 aliphatic rings. The monoisotopic (exact) mass is 172 g/mol. The van der Waals surface area contributed by atoms with Crippen LogP contribution in [0.1, 0.15) is 6.42 Å². The summed E-state index contributed by atoms with van der Waals surface area (Å²) >= 11 is 10.5. The number of aliphatic hydroxyl groups excluding tert-OH is 2. The standard InChI is InChI=1S/C5H10Cl2O2/c6-2-4(8)1-5(9)3-7/h4-5,8-9H,1-3H2. The van der Waals surface area contributed by atoms with E-state index in [2.05, 4.69) is 0 Å².